The van der Waals surface area contributed by atoms with E-state index in [1.165, 1.54) is 9.75 Å². The maximum Gasteiger partial charge on any atom is 0.152 e. The van der Waals surface area contributed by atoms with E-state index < -0.39 is 0 Å². The van der Waals surface area contributed by atoms with Gasteiger partial charge in [0.25, 0.3) is 0 Å². The second-order valence-electron chi connectivity index (χ2n) is 5.66. The largest absolute Gasteiger partial charge is 0.377 e. The van der Waals surface area contributed by atoms with Crippen molar-refractivity contribution in [3.63, 3.8) is 0 Å². The van der Waals surface area contributed by atoms with E-state index in [2.05, 4.69) is 43.2 Å². The van der Waals surface area contributed by atoms with E-state index in [1.807, 2.05) is 24.3 Å². The van der Waals surface area contributed by atoms with E-state index in [0.29, 0.717) is 5.15 Å². The molecule has 2 aromatic rings. The van der Waals surface area contributed by atoms with Gasteiger partial charge in [-0.2, -0.15) is 0 Å². The molecule has 2 nitrogen and oxygen atoms in total. The van der Waals surface area contributed by atoms with E-state index in [-0.39, 0.29) is 5.41 Å². The van der Waals surface area contributed by atoms with E-state index in [1.54, 1.807) is 6.20 Å². The summed E-state index contributed by atoms with van der Waals surface area (Å²) in [4.78, 5) is 6.81. The molecule has 1 N–H and O–H groups in total. The highest BCUT2D eigenvalue weighted by atomic mass is 35.5. The summed E-state index contributed by atoms with van der Waals surface area (Å²) >= 11 is 7.95. The fourth-order valence-electron chi connectivity index (χ4n) is 1.79. The Balaban J connectivity index is 2.09. The summed E-state index contributed by atoms with van der Waals surface area (Å²) in [5, 5.41) is 3.91. The van der Waals surface area contributed by atoms with Crippen molar-refractivity contribution in [3.05, 3.63) is 44.9 Å². The first-order valence-corrected chi connectivity index (χ1v) is 7.51. The van der Waals surface area contributed by atoms with Gasteiger partial charge in [0.1, 0.15) is 0 Å². The predicted molar refractivity (Wildman–Crippen MR) is 84.3 cm³/mol. The summed E-state index contributed by atoms with van der Waals surface area (Å²) in [6.07, 6.45) is 1.73. The molecule has 0 amide bonds. The Morgan fingerprint density at radius 2 is 2.00 bits per heavy atom. The van der Waals surface area contributed by atoms with Crippen LogP contribution in [-0.4, -0.2) is 4.98 Å². The molecular weight excluding hydrogens is 276 g/mol. The Kier molecular flexibility index (Phi) is 4.16. The van der Waals surface area contributed by atoms with Gasteiger partial charge in [0.2, 0.25) is 0 Å². The van der Waals surface area contributed by atoms with Crippen LogP contribution in [0.1, 0.15) is 36.1 Å². The van der Waals surface area contributed by atoms with Gasteiger partial charge in [-0.25, -0.2) is 4.98 Å². The van der Waals surface area contributed by atoms with Crippen molar-refractivity contribution in [2.45, 2.75) is 39.7 Å². The Bertz CT molecular complexity index is 550. The van der Waals surface area contributed by atoms with Crippen LogP contribution in [-0.2, 0) is 12.0 Å². The van der Waals surface area contributed by atoms with E-state index in [0.717, 1.165) is 17.8 Å². The van der Waals surface area contributed by atoms with Crippen LogP contribution in [0.15, 0.2) is 24.4 Å². The zero-order valence-corrected chi connectivity index (χ0v) is 13.3. The summed E-state index contributed by atoms with van der Waals surface area (Å²) in [7, 11) is 0. The maximum atomic E-state index is 6.10. The molecule has 0 aliphatic rings. The van der Waals surface area contributed by atoms with E-state index in [4.69, 9.17) is 11.6 Å². The van der Waals surface area contributed by atoms with Crippen LogP contribution in [0.2, 0.25) is 5.15 Å². The number of pyridine rings is 1. The smallest absolute Gasteiger partial charge is 0.152 e. The summed E-state index contributed by atoms with van der Waals surface area (Å²) in [6.45, 7) is 9.52. The molecule has 0 aliphatic carbocycles. The first-order chi connectivity index (χ1) is 8.88. The molecule has 0 spiro atoms. The highest BCUT2D eigenvalue weighted by Gasteiger charge is 2.16. The number of hydrogen-bond donors (Lipinski definition) is 1. The minimum atomic E-state index is 0.213. The van der Waals surface area contributed by atoms with Crippen molar-refractivity contribution in [3.8, 4) is 0 Å². The molecular formula is C15H19ClN2S. The van der Waals surface area contributed by atoms with Crippen LogP contribution >= 0.6 is 22.9 Å². The van der Waals surface area contributed by atoms with E-state index in [9.17, 15) is 0 Å². The molecule has 102 valence electrons. The quantitative estimate of drug-likeness (QED) is 0.805. The topological polar surface area (TPSA) is 24.9 Å². The van der Waals surface area contributed by atoms with Crippen molar-refractivity contribution in [1.82, 2.24) is 4.98 Å². The zero-order valence-electron chi connectivity index (χ0n) is 11.7. The van der Waals surface area contributed by atoms with Crippen LogP contribution in [0.25, 0.3) is 0 Å². The van der Waals surface area contributed by atoms with Gasteiger partial charge in [-0.05, 0) is 36.1 Å². The van der Waals surface area contributed by atoms with Gasteiger partial charge >= 0.3 is 0 Å². The van der Waals surface area contributed by atoms with E-state index >= 15 is 0 Å². The Hall–Kier alpha value is -1.06. The fraction of sp³-hybridized carbons (Fsp3) is 0.400. The molecule has 0 saturated carbocycles. The van der Waals surface area contributed by atoms with Crippen molar-refractivity contribution in [2.24, 2.45) is 0 Å². The average molecular weight is 295 g/mol. The minimum absolute atomic E-state index is 0.213. The van der Waals surface area contributed by atoms with Crippen molar-refractivity contribution < 1.29 is 0 Å². The Morgan fingerprint density at radius 1 is 1.26 bits per heavy atom. The summed E-state index contributed by atoms with van der Waals surface area (Å²) in [5.74, 6) is 0. The molecule has 4 heteroatoms. The van der Waals surface area contributed by atoms with Gasteiger partial charge in [-0.15, -0.1) is 11.3 Å². The van der Waals surface area contributed by atoms with Crippen LogP contribution in [0, 0.1) is 6.92 Å². The minimum Gasteiger partial charge on any atom is -0.377 e. The molecule has 0 aliphatic heterocycles. The normalized spacial score (nSPS) is 11.6. The standard InChI is InChI=1S/C15H19ClN2S/c1-10-7-8-17-14(16)13(10)18-9-11-5-6-12(19-11)15(2,3)4/h5-8,18H,9H2,1-4H3. The highest BCUT2D eigenvalue weighted by molar-refractivity contribution is 7.12. The average Bonchev–Trinajstić information content (AvgIpc) is 2.77. The molecule has 0 atom stereocenters. The number of anilines is 1. The molecule has 0 bridgehead atoms. The number of halogens is 1. The lowest BCUT2D eigenvalue weighted by atomic mass is 9.95. The molecule has 2 aromatic heterocycles. The first-order valence-electron chi connectivity index (χ1n) is 6.32. The monoisotopic (exact) mass is 294 g/mol. The van der Waals surface area contributed by atoms with Crippen molar-refractivity contribution in [1.29, 1.82) is 0 Å². The zero-order chi connectivity index (χ0) is 14.0. The molecule has 0 fully saturated rings. The van der Waals surface area contributed by atoms with Crippen LogP contribution in [0.5, 0.6) is 0 Å². The summed E-state index contributed by atoms with van der Waals surface area (Å²) in [6, 6.07) is 6.35. The number of nitrogens with one attached hydrogen (secondary N) is 1. The maximum absolute atomic E-state index is 6.10. The van der Waals surface area contributed by atoms with Crippen LogP contribution in [0.4, 0.5) is 5.69 Å². The number of thiophene rings is 1. The predicted octanol–water partition coefficient (Wildman–Crippen LogP) is 5.01. The second kappa shape index (κ2) is 5.51. The van der Waals surface area contributed by atoms with Gasteiger partial charge in [-0.3, -0.25) is 0 Å². The summed E-state index contributed by atoms with van der Waals surface area (Å²) in [5.41, 5.74) is 2.26. The lowest BCUT2D eigenvalue weighted by molar-refractivity contribution is 0.604. The number of nitrogens with zero attached hydrogens (tertiary/aromatic N) is 1. The summed E-state index contributed by atoms with van der Waals surface area (Å²) < 4.78 is 0. The van der Waals surface area contributed by atoms with Gasteiger partial charge in [0.15, 0.2) is 5.15 Å². The molecule has 0 unspecified atom stereocenters. The lowest BCUT2D eigenvalue weighted by Crippen LogP contribution is -2.07. The van der Waals surface area contributed by atoms with Crippen LogP contribution in [0.3, 0.4) is 0 Å². The van der Waals surface area contributed by atoms with Crippen LogP contribution < -0.4 is 5.32 Å². The van der Waals surface area contributed by atoms with Gasteiger partial charge in [-0.1, -0.05) is 32.4 Å². The molecule has 19 heavy (non-hydrogen) atoms. The van der Waals surface area contributed by atoms with Crippen molar-refractivity contribution in [2.75, 3.05) is 5.32 Å². The number of aromatic nitrogens is 1. The molecule has 0 aromatic carbocycles. The molecule has 2 rings (SSSR count). The third-order valence-corrected chi connectivity index (χ3v) is 4.75. The molecule has 2 heterocycles. The van der Waals surface area contributed by atoms with Gasteiger partial charge in [0.05, 0.1) is 5.69 Å². The third kappa shape index (κ3) is 3.48. The van der Waals surface area contributed by atoms with Gasteiger partial charge in [0, 0.05) is 22.5 Å². The van der Waals surface area contributed by atoms with Crippen molar-refractivity contribution >= 4 is 28.6 Å². The third-order valence-electron chi connectivity index (χ3n) is 2.95. The fourth-order valence-corrected chi connectivity index (χ4v) is 3.07. The number of rotatable bonds is 3. The first kappa shape index (κ1) is 14.4. The second-order valence-corrected chi connectivity index (χ2v) is 7.19. The SMILES string of the molecule is Cc1ccnc(Cl)c1NCc1ccc(C(C)(C)C)s1. The Morgan fingerprint density at radius 3 is 2.58 bits per heavy atom. The highest BCUT2D eigenvalue weighted by Crippen LogP contribution is 2.30. The number of hydrogen-bond acceptors (Lipinski definition) is 3. The number of aryl methyl sites for hydroxylation is 1. The molecule has 0 radical (unpaired) electrons. The van der Waals surface area contributed by atoms with Gasteiger partial charge < -0.3 is 5.32 Å². The molecule has 0 saturated heterocycles. The Labute approximate surface area is 123 Å². The lowest BCUT2D eigenvalue weighted by Gasteiger charge is -2.15.